The van der Waals surface area contributed by atoms with Crippen LogP contribution in [0.5, 0.6) is 0 Å². The monoisotopic (exact) mass is 340 g/mol. The molecule has 0 radical (unpaired) electrons. The van der Waals surface area contributed by atoms with Crippen molar-refractivity contribution in [3.63, 3.8) is 0 Å². The van der Waals surface area contributed by atoms with Crippen LogP contribution >= 0.6 is 0 Å². The molecular weight excluding hydrogens is 316 g/mol. The van der Waals surface area contributed by atoms with E-state index in [-0.39, 0.29) is 24.1 Å². The Morgan fingerprint density at radius 3 is 2.65 bits per heavy atom. The van der Waals surface area contributed by atoms with Crippen LogP contribution < -0.4 is 11.1 Å². The standard InChI is InChI=1S/C15H24N4O3S/c1-2-9-23(21,22)19-7-5-13(6-8-19)18-15(20)10-14-4-3-12(16)11-17-14/h3-4,11,13H,2,5-10,16H2,1H3,(H,18,20). The summed E-state index contributed by atoms with van der Waals surface area (Å²) >= 11 is 0. The maximum atomic E-state index is 12.0. The van der Waals surface area contributed by atoms with Gasteiger partial charge in [0.25, 0.3) is 0 Å². The molecule has 0 unspecified atom stereocenters. The molecule has 0 saturated carbocycles. The van der Waals surface area contributed by atoms with E-state index in [1.54, 1.807) is 12.1 Å². The molecule has 1 aliphatic heterocycles. The highest BCUT2D eigenvalue weighted by Crippen LogP contribution is 2.15. The number of aromatic nitrogens is 1. The number of carbonyl (C=O) groups excluding carboxylic acids is 1. The minimum atomic E-state index is -3.14. The van der Waals surface area contributed by atoms with Gasteiger partial charge in [0, 0.05) is 24.8 Å². The van der Waals surface area contributed by atoms with E-state index in [9.17, 15) is 13.2 Å². The number of nitrogen functional groups attached to an aromatic ring is 1. The number of nitrogens with zero attached hydrogens (tertiary/aromatic N) is 2. The van der Waals surface area contributed by atoms with E-state index in [0.717, 1.165) is 0 Å². The molecule has 7 nitrogen and oxygen atoms in total. The second kappa shape index (κ2) is 7.74. The number of amides is 1. The maximum absolute atomic E-state index is 12.0. The molecule has 0 aliphatic carbocycles. The first-order chi connectivity index (χ1) is 10.9. The third kappa shape index (κ3) is 5.18. The quantitative estimate of drug-likeness (QED) is 0.786. The smallest absolute Gasteiger partial charge is 0.226 e. The highest BCUT2D eigenvalue weighted by molar-refractivity contribution is 7.89. The Morgan fingerprint density at radius 2 is 2.09 bits per heavy atom. The third-order valence-electron chi connectivity index (χ3n) is 3.86. The predicted octanol–water partition coefficient (Wildman–Crippen LogP) is 0.527. The van der Waals surface area contributed by atoms with Crippen molar-refractivity contribution in [2.24, 2.45) is 0 Å². The first-order valence-corrected chi connectivity index (χ1v) is 9.49. The summed E-state index contributed by atoms with van der Waals surface area (Å²) in [5.41, 5.74) is 6.79. The zero-order valence-electron chi connectivity index (χ0n) is 13.4. The molecule has 1 aromatic heterocycles. The van der Waals surface area contributed by atoms with Crippen LogP contribution in [0.25, 0.3) is 0 Å². The summed E-state index contributed by atoms with van der Waals surface area (Å²) in [6.07, 6.45) is 3.63. The van der Waals surface area contributed by atoms with E-state index >= 15 is 0 Å². The lowest BCUT2D eigenvalue weighted by atomic mass is 10.1. The maximum Gasteiger partial charge on any atom is 0.226 e. The Hall–Kier alpha value is -1.67. The van der Waals surface area contributed by atoms with E-state index in [4.69, 9.17) is 5.73 Å². The average Bonchev–Trinajstić information content (AvgIpc) is 2.50. The van der Waals surface area contributed by atoms with Crippen molar-refractivity contribution in [1.82, 2.24) is 14.6 Å². The number of carbonyl (C=O) groups is 1. The van der Waals surface area contributed by atoms with Crippen LogP contribution in [0.15, 0.2) is 18.3 Å². The van der Waals surface area contributed by atoms with Gasteiger partial charge in [0.1, 0.15) is 0 Å². The molecule has 2 rings (SSSR count). The molecule has 0 atom stereocenters. The number of rotatable bonds is 6. The molecule has 1 aromatic rings. The van der Waals surface area contributed by atoms with Gasteiger partial charge in [-0.1, -0.05) is 6.92 Å². The summed E-state index contributed by atoms with van der Waals surface area (Å²) in [6, 6.07) is 3.46. The van der Waals surface area contributed by atoms with Crippen molar-refractivity contribution in [3.05, 3.63) is 24.0 Å². The molecule has 0 aromatic carbocycles. The predicted molar refractivity (Wildman–Crippen MR) is 89.2 cm³/mol. The molecule has 0 spiro atoms. The van der Waals surface area contributed by atoms with Gasteiger partial charge in [-0.2, -0.15) is 0 Å². The van der Waals surface area contributed by atoms with Gasteiger partial charge in [-0.3, -0.25) is 9.78 Å². The van der Waals surface area contributed by atoms with Gasteiger partial charge in [-0.05, 0) is 31.4 Å². The number of sulfonamides is 1. The van der Waals surface area contributed by atoms with Gasteiger partial charge in [0.2, 0.25) is 15.9 Å². The topological polar surface area (TPSA) is 105 Å². The lowest BCUT2D eigenvalue weighted by Crippen LogP contribution is -2.47. The lowest BCUT2D eigenvalue weighted by molar-refractivity contribution is -0.121. The van der Waals surface area contributed by atoms with E-state index < -0.39 is 10.0 Å². The number of nitrogens with one attached hydrogen (secondary N) is 1. The zero-order valence-corrected chi connectivity index (χ0v) is 14.2. The highest BCUT2D eigenvalue weighted by Gasteiger charge is 2.27. The lowest BCUT2D eigenvalue weighted by Gasteiger charge is -2.31. The van der Waals surface area contributed by atoms with E-state index in [1.807, 2.05) is 6.92 Å². The van der Waals surface area contributed by atoms with Gasteiger partial charge >= 0.3 is 0 Å². The van der Waals surface area contributed by atoms with Crippen LogP contribution in [0.4, 0.5) is 5.69 Å². The van der Waals surface area contributed by atoms with E-state index in [2.05, 4.69) is 10.3 Å². The molecule has 23 heavy (non-hydrogen) atoms. The molecule has 1 fully saturated rings. The molecule has 128 valence electrons. The Balaban J connectivity index is 1.80. The summed E-state index contributed by atoms with van der Waals surface area (Å²) in [5.74, 6) is 0.0875. The number of hydrogen-bond donors (Lipinski definition) is 2. The Bertz CT molecular complexity index is 623. The summed E-state index contributed by atoms with van der Waals surface area (Å²) in [5, 5.41) is 2.95. The summed E-state index contributed by atoms with van der Waals surface area (Å²) < 4.78 is 25.5. The van der Waals surface area contributed by atoms with Gasteiger partial charge in [0.15, 0.2) is 0 Å². The molecular formula is C15H24N4O3S. The van der Waals surface area contributed by atoms with Crippen LogP contribution in [-0.2, 0) is 21.2 Å². The summed E-state index contributed by atoms with van der Waals surface area (Å²) in [7, 11) is -3.14. The first kappa shape index (κ1) is 17.7. The van der Waals surface area contributed by atoms with Crippen LogP contribution in [0.1, 0.15) is 31.9 Å². The number of hydrogen-bond acceptors (Lipinski definition) is 5. The molecule has 0 bridgehead atoms. The molecule has 2 heterocycles. The number of piperidine rings is 1. The van der Waals surface area contributed by atoms with Crippen LogP contribution in [0, 0.1) is 0 Å². The SMILES string of the molecule is CCCS(=O)(=O)N1CCC(NC(=O)Cc2ccc(N)cn2)CC1. The summed E-state index contributed by atoms with van der Waals surface area (Å²) in [6.45, 7) is 2.79. The fraction of sp³-hybridized carbons (Fsp3) is 0.600. The normalized spacial score (nSPS) is 17.1. The number of pyridine rings is 1. The van der Waals surface area contributed by atoms with Crippen molar-refractivity contribution in [1.29, 1.82) is 0 Å². The van der Waals surface area contributed by atoms with Crippen LogP contribution in [0.2, 0.25) is 0 Å². The Morgan fingerprint density at radius 1 is 1.39 bits per heavy atom. The van der Waals surface area contributed by atoms with Crippen molar-refractivity contribution in [3.8, 4) is 0 Å². The largest absolute Gasteiger partial charge is 0.397 e. The fourth-order valence-electron chi connectivity index (χ4n) is 2.65. The van der Waals surface area contributed by atoms with E-state index in [0.29, 0.717) is 43.7 Å². The molecule has 3 N–H and O–H groups in total. The zero-order chi connectivity index (χ0) is 16.9. The first-order valence-electron chi connectivity index (χ1n) is 7.88. The van der Waals surface area contributed by atoms with Gasteiger partial charge in [-0.15, -0.1) is 0 Å². The third-order valence-corrected chi connectivity index (χ3v) is 5.94. The van der Waals surface area contributed by atoms with Gasteiger partial charge < -0.3 is 11.1 Å². The molecule has 1 aliphatic rings. The Labute approximate surface area is 137 Å². The van der Waals surface area contributed by atoms with E-state index in [1.165, 1.54) is 10.5 Å². The van der Waals surface area contributed by atoms with Crippen LogP contribution in [0.3, 0.4) is 0 Å². The van der Waals surface area contributed by atoms with Gasteiger partial charge in [0.05, 0.1) is 24.1 Å². The van der Waals surface area contributed by atoms with Crippen molar-refractivity contribution < 1.29 is 13.2 Å². The average molecular weight is 340 g/mol. The minimum Gasteiger partial charge on any atom is -0.397 e. The van der Waals surface area contributed by atoms with Crippen molar-refractivity contribution in [2.45, 2.75) is 38.6 Å². The van der Waals surface area contributed by atoms with Gasteiger partial charge in [-0.25, -0.2) is 12.7 Å². The minimum absolute atomic E-state index is 0.0179. The molecule has 1 amide bonds. The molecule has 1 saturated heterocycles. The highest BCUT2D eigenvalue weighted by atomic mass is 32.2. The second-order valence-corrected chi connectivity index (χ2v) is 7.90. The van der Waals surface area contributed by atoms with Crippen LogP contribution in [-0.4, -0.2) is 48.5 Å². The Kier molecular flexibility index (Phi) is 5.95. The summed E-state index contributed by atoms with van der Waals surface area (Å²) in [4.78, 5) is 16.1. The van der Waals surface area contributed by atoms with Crippen molar-refractivity contribution in [2.75, 3.05) is 24.6 Å². The van der Waals surface area contributed by atoms with Crippen molar-refractivity contribution >= 4 is 21.6 Å². The number of anilines is 1. The fourth-order valence-corrected chi connectivity index (χ4v) is 4.19. The molecule has 8 heteroatoms. The number of nitrogens with two attached hydrogens (primary N) is 1. The second-order valence-electron chi connectivity index (χ2n) is 5.82.